The topological polar surface area (TPSA) is 45.9 Å². The number of rotatable bonds is 8. The molecule has 1 aliphatic carbocycles. The Morgan fingerprint density at radius 1 is 1.15 bits per heavy atom. The van der Waals surface area contributed by atoms with E-state index in [0.29, 0.717) is 23.8 Å². The molecule has 0 bridgehead atoms. The molecule has 1 aromatic carbocycles. The maximum absolute atomic E-state index is 13.4. The molecular weight excluding hydrogens is 424 g/mol. The normalized spacial score (nSPS) is 21.8. The van der Waals surface area contributed by atoms with Crippen molar-refractivity contribution in [3.8, 4) is 5.75 Å². The second-order valence-corrected chi connectivity index (χ2v) is 10.7. The molecule has 1 saturated heterocycles. The lowest BCUT2D eigenvalue weighted by molar-refractivity contribution is -0.138. The first-order chi connectivity index (χ1) is 16.4. The fourth-order valence-electron chi connectivity index (χ4n) is 5.87. The molecule has 2 aliphatic rings. The minimum absolute atomic E-state index is 0.0313. The van der Waals surface area contributed by atoms with E-state index in [4.69, 9.17) is 9.15 Å². The van der Waals surface area contributed by atoms with Crippen LogP contribution in [0.4, 0.5) is 0 Å². The first-order valence-corrected chi connectivity index (χ1v) is 13.1. The fraction of sp³-hybridized carbons (Fsp3) is 0.621. The quantitative estimate of drug-likeness (QED) is 0.483. The molecule has 34 heavy (non-hydrogen) atoms. The molecule has 1 amide bonds. The molecule has 5 heteroatoms. The van der Waals surface area contributed by atoms with Gasteiger partial charge >= 0.3 is 0 Å². The van der Waals surface area contributed by atoms with Crippen LogP contribution < -0.4 is 4.74 Å². The van der Waals surface area contributed by atoms with Gasteiger partial charge < -0.3 is 14.1 Å². The number of nitrogens with zero attached hydrogens (tertiary/aromatic N) is 2. The van der Waals surface area contributed by atoms with E-state index in [1.54, 1.807) is 7.11 Å². The lowest BCUT2D eigenvalue weighted by Gasteiger charge is -2.38. The summed E-state index contributed by atoms with van der Waals surface area (Å²) < 4.78 is 11.5. The van der Waals surface area contributed by atoms with Crippen molar-refractivity contribution in [2.24, 2.45) is 11.8 Å². The largest absolute Gasteiger partial charge is 0.497 e. The summed E-state index contributed by atoms with van der Waals surface area (Å²) in [5.41, 5.74) is 2.51. The van der Waals surface area contributed by atoms with Gasteiger partial charge in [0.2, 0.25) is 5.91 Å². The maximum Gasteiger partial charge on any atom is 0.225 e. The first kappa shape index (κ1) is 24.8. The number of hydrogen-bond acceptors (Lipinski definition) is 4. The van der Waals surface area contributed by atoms with Crippen LogP contribution in [0.3, 0.4) is 0 Å². The average Bonchev–Trinajstić information content (AvgIpc) is 3.39. The molecule has 2 atom stereocenters. The highest BCUT2D eigenvalue weighted by Crippen LogP contribution is 2.37. The molecule has 186 valence electrons. The van der Waals surface area contributed by atoms with Crippen LogP contribution in [-0.2, 0) is 11.3 Å². The lowest BCUT2D eigenvalue weighted by atomic mass is 9.86. The smallest absolute Gasteiger partial charge is 0.225 e. The highest BCUT2D eigenvalue weighted by Gasteiger charge is 2.38. The third-order valence-electron chi connectivity index (χ3n) is 7.86. The van der Waals surface area contributed by atoms with Gasteiger partial charge in [-0.3, -0.25) is 9.69 Å². The van der Waals surface area contributed by atoms with Gasteiger partial charge in [0.15, 0.2) is 0 Å². The first-order valence-electron chi connectivity index (χ1n) is 13.1. The van der Waals surface area contributed by atoms with Gasteiger partial charge in [-0.25, -0.2) is 0 Å². The number of ether oxygens (including phenoxy) is 1. The molecule has 2 fully saturated rings. The Bertz CT molecular complexity index is 941. The van der Waals surface area contributed by atoms with Gasteiger partial charge in [0.1, 0.15) is 17.3 Å². The van der Waals surface area contributed by atoms with E-state index in [9.17, 15) is 4.79 Å². The number of furan rings is 1. The number of amides is 1. The zero-order valence-electron chi connectivity index (χ0n) is 21.7. The molecule has 5 nitrogen and oxygen atoms in total. The van der Waals surface area contributed by atoms with E-state index >= 15 is 0 Å². The lowest BCUT2D eigenvalue weighted by Crippen LogP contribution is -2.47. The maximum atomic E-state index is 13.4. The summed E-state index contributed by atoms with van der Waals surface area (Å²) >= 11 is 0. The van der Waals surface area contributed by atoms with Crippen LogP contribution in [0.1, 0.15) is 74.5 Å². The molecule has 0 radical (unpaired) electrons. The van der Waals surface area contributed by atoms with Crippen molar-refractivity contribution in [1.82, 2.24) is 9.80 Å². The number of carbonyl (C=O) groups is 1. The molecule has 2 aromatic rings. The molecule has 0 N–H and O–H groups in total. The summed E-state index contributed by atoms with van der Waals surface area (Å²) in [5, 5.41) is 0. The molecule has 1 saturated carbocycles. The van der Waals surface area contributed by atoms with Crippen LogP contribution in [0.2, 0.25) is 0 Å². The van der Waals surface area contributed by atoms with Gasteiger partial charge in [-0.15, -0.1) is 0 Å². The summed E-state index contributed by atoms with van der Waals surface area (Å²) in [6, 6.07) is 11.1. The van der Waals surface area contributed by atoms with Crippen molar-refractivity contribution in [2.45, 2.75) is 78.3 Å². The van der Waals surface area contributed by atoms with E-state index in [2.05, 4.69) is 41.0 Å². The Kier molecular flexibility index (Phi) is 8.02. The number of carbonyl (C=O) groups excluding carboxylic acids is 1. The van der Waals surface area contributed by atoms with Crippen LogP contribution >= 0.6 is 0 Å². The summed E-state index contributed by atoms with van der Waals surface area (Å²) in [5.74, 6) is 4.01. The average molecular weight is 467 g/mol. The van der Waals surface area contributed by atoms with Crippen molar-refractivity contribution in [2.75, 3.05) is 26.7 Å². The van der Waals surface area contributed by atoms with Gasteiger partial charge in [0.25, 0.3) is 0 Å². The summed E-state index contributed by atoms with van der Waals surface area (Å²) in [4.78, 5) is 18.1. The third kappa shape index (κ3) is 5.68. The highest BCUT2D eigenvalue weighted by atomic mass is 16.5. The summed E-state index contributed by atoms with van der Waals surface area (Å²) in [7, 11) is 1.73. The predicted octanol–water partition coefficient (Wildman–Crippen LogP) is 5.94. The second kappa shape index (κ2) is 11.0. The molecular formula is C29H42N2O3. The predicted molar refractivity (Wildman–Crippen MR) is 136 cm³/mol. The Morgan fingerprint density at radius 3 is 2.56 bits per heavy atom. The minimum atomic E-state index is 0.0313. The molecule has 1 aromatic heterocycles. The van der Waals surface area contributed by atoms with Crippen LogP contribution in [-0.4, -0.2) is 48.5 Å². The number of methoxy groups -OCH3 is 1. The Balaban J connectivity index is 1.59. The van der Waals surface area contributed by atoms with E-state index in [1.807, 2.05) is 26.8 Å². The van der Waals surface area contributed by atoms with E-state index in [0.717, 1.165) is 56.3 Å². The highest BCUT2D eigenvalue weighted by molar-refractivity contribution is 5.78. The molecule has 1 aliphatic heterocycles. The number of benzene rings is 1. The Hall–Kier alpha value is -2.27. The Morgan fingerprint density at radius 2 is 1.91 bits per heavy atom. The number of aryl methyl sites for hydroxylation is 2. The van der Waals surface area contributed by atoms with Crippen molar-refractivity contribution in [3.63, 3.8) is 0 Å². The van der Waals surface area contributed by atoms with Gasteiger partial charge in [0, 0.05) is 37.5 Å². The van der Waals surface area contributed by atoms with Gasteiger partial charge in [-0.05, 0) is 61.9 Å². The van der Waals surface area contributed by atoms with Crippen LogP contribution in [0, 0.1) is 25.7 Å². The molecule has 2 heterocycles. The standard InChI is InChI=1S/C29H42N2O3/c1-20(2)29(32)31(25-11-7-6-8-12-25)17-24-16-30(18-27-14-21(3)22(4)34-27)19-28(24)23-10-9-13-26(15-23)33-5/h9-10,13-15,20,24-25,28H,6-8,11-12,16-19H2,1-5H3. The van der Waals surface area contributed by atoms with Gasteiger partial charge in [-0.1, -0.05) is 45.2 Å². The number of hydrogen-bond donors (Lipinski definition) is 0. The van der Waals surface area contributed by atoms with Crippen molar-refractivity contribution in [3.05, 3.63) is 53.0 Å². The Labute approximate surface area is 205 Å². The van der Waals surface area contributed by atoms with Crippen LogP contribution in [0.15, 0.2) is 34.7 Å². The van der Waals surface area contributed by atoms with Crippen molar-refractivity contribution in [1.29, 1.82) is 0 Å². The summed E-state index contributed by atoms with van der Waals surface area (Å²) in [6.45, 7) is 11.8. The van der Waals surface area contributed by atoms with E-state index in [-0.39, 0.29) is 5.92 Å². The van der Waals surface area contributed by atoms with Crippen LogP contribution in [0.25, 0.3) is 0 Å². The SMILES string of the molecule is COc1cccc(C2CN(Cc3cc(C)c(C)o3)CC2CN(C(=O)C(C)C)C2CCCCC2)c1. The second-order valence-electron chi connectivity index (χ2n) is 10.7. The van der Waals surface area contributed by atoms with Gasteiger partial charge in [-0.2, -0.15) is 0 Å². The van der Waals surface area contributed by atoms with E-state index < -0.39 is 0 Å². The number of likely N-dealkylation sites (tertiary alicyclic amines) is 1. The summed E-state index contributed by atoms with van der Waals surface area (Å²) in [6.07, 6.45) is 6.05. The fourth-order valence-corrected chi connectivity index (χ4v) is 5.87. The zero-order chi connectivity index (χ0) is 24.2. The zero-order valence-corrected chi connectivity index (χ0v) is 21.7. The van der Waals surface area contributed by atoms with Crippen LogP contribution in [0.5, 0.6) is 5.75 Å². The molecule has 2 unspecified atom stereocenters. The van der Waals surface area contributed by atoms with Crippen molar-refractivity contribution >= 4 is 5.91 Å². The molecule has 4 rings (SSSR count). The van der Waals surface area contributed by atoms with Crippen molar-refractivity contribution < 1.29 is 13.9 Å². The molecule has 0 spiro atoms. The van der Waals surface area contributed by atoms with E-state index in [1.165, 1.54) is 30.4 Å². The monoisotopic (exact) mass is 466 g/mol. The third-order valence-corrected chi connectivity index (χ3v) is 7.86. The van der Waals surface area contributed by atoms with Gasteiger partial charge in [0.05, 0.1) is 13.7 Å². The minimum Gasteiger partial charge on any atom is -0.497 e.